The minimum Gasteiger partial charge on any atom is -0.390 e. The molecular formula is C12H21NO. The fourth-order valence-electron chi connectivity index (χ4n) is 2.29. The van der Waals surface area contributed by atoms with Crippen molar-refractivity contribution in [1.29, 1.82) is 5.26 Å². The van der Waals surface area contributed by atoms with Crippen LogP contribution in [0.4, 0.5) is 0 Å². The molecule has 2 heteroatoms. The van der Waals surface area contributed by atoms with E-state index in [0.717, 1.165) is 38.5 Å². The Labute approximate surface area is 86.9 Å². The Morgan fingerprint density at radius 1 is 1.07 bits per heavy atom. The molecule has 0 aliphatic heterocycles. The van der Waals surface area contributed by atoms with E-state index in [2.05, 4.69) is 6.07 Å². The van der Waals surface area contributed by atoms with E-state index in [1.54, 1.807) is 0 Å². The highest BCUT2D eigenvalue weighted by molar-refractivity contribution is 4.83. The van der Waals surface area contributed by atoms with Crippen LogP contribution in [0.5, 0.6) is 0 Å². The van der Waals surface area contributed by atoms with Gasteiger partial charge in [-0.3, -0.25) is 0 Å². The van der Waals surface area contributed by atoms with Gasteiger partial charge in [-0.25, -0.2) is 0 Å². The molecule has 1 aliphatic carbocycles. The van der Waals surface area contributed by atoms with Gasteiger partial charge < -0.3 is 5.11 Å². The van der Waals surface area contributed by atoms with Crippen LogP contribution in [0.3, 0.4) is 0 Å². The number of nitriles is 1. The Bertz CT molecular complexity index is 189. The van der Waals surface area contributed by atoms with Crippen LogP contribution in [0, 0.1) is 11.3 Å². The Morgan fingerprint density at radius 3 is 2.36 bits per heavy atom. The number of nitrogens with zero attached hydrogens (tertiary/aromatic N) is 1. The van der Waals surface area contributed by atoms with E-state index in [1.165, 1.54) is 19.3 Å². The van der Waals surface area contributed by atoms with Crippen LogP contribution < -0.4 is 0 Å². The normalized spacial score (nSPS) is 19.4. The zero-order valence-corrected chi connectivity index (χ0v) is 8.97. The lowest BCUT2D eigenvalue weighted by Crippen LogP contribution is -2.23. The van der Waals surface area contributed by atoms with E-state index in [-0.39, 0.29) is 5.60 Å². The van der Waals surface area contributed by atoms with E-state index < -0.39 is 0 Å². The molecule has 0 heterocycles. The summed E-state index contributed by atoms with van der Waals surface area (Å²) < 4.78 is 0. The van der Waals surface area contributed by atoms with Crippen LogP contribution in [-0.4, -0.2) is 10.7 Å². The van der Waals surface area contributed by atoms with E-state index in [9.17, 15) is 5.11 Å². The van der Waals surface area contributed by atoms with Gasteiger partial charge in [-0.05, 0) is 25.7 Å². The van der Waals surface area contributed by atoms with Crippen molar-refractivity contribution in [2.45, 2.75) is 69.8 Å². The minimum absolute atomic E-state index is 0.324. The predicted molar refractivity (Wildman–Crippen MR) is 56.7 cm³/mol. The van der Waals surface area contributed by atoms with Crippen LogP contribution >= 0.6 is 0 Å². The molecule has 80 valence electrons. The molecule has 1 rings (SSSR count). The van der Waals surface area contributed by atoms with Crippen LogP contribution in [0.1, 0.15) is 64.2 Å². The maximum absolute atomic E-state index is 10.0. The first-order chi connectivity index (χ1) is 6.77. The van der Waals surface area contributed by atoms with Crippen molar-refractivity contribution < 1.29 is 5.11 Å². The van der Waals surface area contributed by atoms with Gasteiger partial charge in [0, 0.05) is 6.42 Å². The molecule has 0 spiro atoms. The topological polar surface area (TPSA) is 44.0 Å². The second kappa shape index (κ2) is 6.03. The van der Waals surface area contributed by atoms with E-state index in [1.807, 2.05) is 0 Å². The fraction of sp³-hybridized carbons (Fsp3) is 0.917. The summed E-state index contributed by atoms with van der Waals surface area (Å²) in [5.41, 5.74) is -0.324. The summed E-state index contributed by atoms with van der Waals surface area (Å²) in [7, 11) is 0. The Balaban J connectivity index is 1.96. The molecule has 0 saturated heterocycles. The Kier molecular flexibility index (Phi) is 4.97. The number of unbranched alkanes of at least 4 members (excludes halogenated alkanes) is 4. The first-order valence-corrected chi connectivity index (χ1v) is 5.86. The lowest BCUT2D eigenvalue weighted by molar-refractivity contribution is 0.0361. The van der Waals surface area contributed by atoms with Crippen molar-refractivity contribution in [2.24, 2.45) is 0 Å². The first-order valence-electron chi connectivity index (χ1n) is 5.86. The summed E-state index contributed by atoms with van der Waals surface area (Å²) in [6, 6.07) is 2.16. The largest absolute Gasteiger partial charge is 0.390 e. The quantitative estimate of drug-likeness (QED) is 0.662. The molecule has 0 radical (unpaired) electrons. The van der Waals surface area contributed by atoms with Crippen molar-refractivity contribution in [1.82, 2.24) is 0 Å². The van der Waals surface area contributed by atoms with Gasteiger partial charge in [0.1, 0.15) is 0 Å². The zero-order valence-electron chi connectivity index (χ0n) is 8.97. The standard InChI is InChI=1S/C12H21NO/c13-11-7-3-1-2-4-8-12(14)9-5-6-10-12/h14H,1-10H2. The summed E-state index contributed by atoms with van der Waals surface area (Å²) in [6.07, 6.45) is 10.5. The van der Waals surface area contributed by atoms with Crippen molar-refractivity contribution >= 4 is 0 Å². The molecule has 0 aromatic carbocycles. The minimum atomic E-state index is -0.324. The molecule has 1 fully saturated rings. The highest BCUT2D eigenvalue weighted by atomic mass is 16.3. The third-order valence-electron chi connectivity index (χ3n) is 3.21. The van der Waals surface area contributed by atoms with Gasteiger partial charge in [0.25, 0.3) is 0 Å². The molecule has 0 atom stereocenters. The number of hydrogen-bond donors (Lipinski definition) is 1. The van der Waals surface area contributed by atoms with Crippen molar-refractivity contribution in [3.8, 4) is 6.07 Å². The van der Waals surface area contributed by atoms with E-state index in [4.69, 9.17) is 5.26 Å². The summed E-state index contributed by atoms with van der Waals surface area (Å²) in [5.74, 6) is 0. The van der Waals surface area contributed by atoms with Crippen molar-refractivity contribution in [3.63, 3.8) is 0 Å². The summed E-state index contributed by atoms with van der Waals surface area (Å²) in [4.78, 5) is 0. The molecule has 1 N–H and O–H groups in total. The average Bonchev–Trinajstić information content (AvgIpc) is 2.59. The molecular weight excluding hydrogens is 174 g/mol. The molecule has 0 unspecified atom stereocenters. The SMILES string of the molecule is N#CCCCCCCC1(O)CCCC1. The van der Waals surface area contributed by atoms with Gasteiger partial charge in [-0.1, -0.05) is 32.1 Å². The number of aliphatic hydroxyl groups is 1. The van der Waals surface area contributed by atoms with Crippen LogP contribution in [-0.2, 0) is 0 Å². The molecule has 0 amide bonds. The second-order valence-electron chi connectivity index (χ2n) is 4.50. The van der Waals surface area contributed by atoms with Gasteiger partial charge in [-0.15, -0.1) is 0 Å². The maximum Gasteiger partial charge on any atom is 0.0647 e. The highest BCUT2D eigenvalue weighted by Crippen LogP contribution is 2.33. The third kappa shape index (κ3) is 4.11. The summed E-state index contributed by atoms with van der Waals surface area (Å²) in [5, 5.41) is 18.4. The van der Waals surface area contributed by atoms with Gasteiger partial charge in [0.05, 0.1) is 11.7 Å². The number of hydrogen-bond acceptors (Lipinski definition) is 2. The lowest BCUT2D eigenvalue weighted by Gasteiger charge is -2.21. The van der Waals surface area contributed by atoms with Gasteiger partial charge >= 0.3 is 0 Å². The second-order valence-corrected chi connectivity index (χ2v) is 4.50. The van der Waals surface area contributed by atoms with Crippen LogP contribution in [0.15, 0.2) is 0 Å². The van der Waals surface area contributed by atoms with Crippen LogP contribution in [0.25, 0.3) is 0 Å². The monoisotopic (exact) mass is 195 g/mol. The summed E-state index contributed by atoms with van der Waals surface area (Å²) in [6.45, 7) is 0. The predicted octanol–water partition coefficient (Wildman–Crippen LogP) is 3.16. The fourth-order valence-corrected chi connectivity index (χ4v) is 2.29. The molecule has 14 heavy (non-hydrogen) atoms. The van der Waals surface area contributed by atoms with Gasteiger partial charge in [0.2, 0.25) is 0 Å². The van der Waals surface area contributed by atoms with E-state index in [0.29, 0.717) is 6.42 Å². The van der Waals surface area contributed by atoms with Crippen molar-refractivity contribution in [3.05, 3.63) is 0 Å². The first kappa shape index (κ1) is 11.5. The molecule has 1 saturated carbocycles. The van der Waals surface area contributed by atoms with Gasteiger partial charge in [0.15, 0.2) is 0 Å². The lowest BCUT2D eigenvalue weighted by atomic mass is 9.94. The smallest absolute Gasteiger partial charge is 0.0647 e. The Morgan fingerprint density at radius 2 is 1.71 bits per heavy atom. The maximum atomic E-state index is 10.0. The van der Waals surface area contributed by atoms with Crippen LogP contribution in [0.2, 0.25) is 0 Å². The van der Waals surface area contributed by atoms with Gasteiger partial charge in [-0.2, -0.15) is 5.26 Å². The molecule has 0 aromatic heterocycles. The molecule has 0 bridgehead atoms. The average molecular weight is 195 g/mol. The molecule has 2 nitrogen and oxygen atoms in total. The molecule has 0 aromatic rings. The number of rotatable bonds is 6. The zero-order chi connectivity index (χ0) is 10.3. The van der Waals surface area contributed by atoms with Crippen molar-refractivity contribution in [2.75, 3.05) is 0 Å². The molecule has 1 aliphatic rings. The summed E-state index contributed by atoms with van der Waals surface area (Å²) >= 11 is 0. The third-order valence-corrected chi connectivity index (χ3v) is 3.21. The van der Waals surface area contributed by atoms with E-state index >= 15 is 0 Å². The highest BCUT2D eigenvalue weighted by Gasteiger charge is 2.29. The Hall–Kier alpha value is -0.550.